The number of aryl methyl sites for hydroxylation is 2. The fourth-order valence-electron chi connectivity index (χ4n) is 1.95. The molecule has 0 spiro atoms. The van der Waals surface area contributed by atoms with Crippen LogP contribution in [0, 0.1) is 11.3 Å². The van der Waals surface area contributed by atoms with Gasteiger partial charge in [-0.1, -0.05) is 12.1 Å². The Labute approximate surface area is 113 Å². The molecule has 0 aliphatic carbocycles. The Bertz CT molecular complexity index is 548. The van der Waals surface area contributed by atoms with Crippen LogP contribution in [0.25, 0.3) is 0 Å². The molecule has 0 saturated carbocycles. The molecule has 0 aliphatic heterocycles. The molecular weight excluding hydrogens is 236 g/mol. The van der Waals surface area contributed by atoms with E-state index in [2.05, 4.69) is 22.7 Å². The van der Waals surface area contributed by atoms with Crippen molar-refractivity contribution < 1.29 is 0 Å². The van der Waals surface area contributed by atoms with Crippen LogP contribution in [0.1, 0.15) is 23.1 Å². The quantitative estimate of drug-likeness (QED) is 0.802. The van der Waals surface area contributed by atoms with Crippen molar-refractivity contribution in [2.75, 3.05) is 6.54 Å². The Hall–Kier alpha value is -2.12. The van der Waals surface area contributed by atoms with Crippen molar-refractivity contribution >= 4 is 0 Å². The Morgan fingerprint density at radius 2 is 2.05 bits per heavy atom. The van der Waals surface area contributed by atoms with Gasteiger partial charge in [-0.15, -0.1) is 0 Å². The van der Waals surface area contributed by atoms with Gasteiger partial charge in [0, 0.05) is 19.8 Å². The SMILES string of the molecule is Cn1cc(CCCNCc2ccc(C#N)cc2)cn1. The molecule has 98 valence electrons. The number of aromatic nitrogens is 2. The number of hydrogen-bond acceptors (Lipinski definition) is 3. The topological polar surface area (TPSA) is 53.6 Å². The number of rotatable bonds is 6. The van der Waals surface area contributed by atoms with E-state index in [-0.39, 0.29) is 0 Å². The smallest absolute Gasteiger partial charge is 0.0991 e. The molecule has 0 fully saturated rings. The van der Waals surface area contributed by atoms with Crippen molar-refractivity contribution in [3.8, 4) is 6.07 Å². The molecule has 0 aliphatic rings. The maximum absolute atomic E-state index is 8.71. The van der Waals surface area contributed by atoms with Gasteiger partial charge >= 0.3 is 0 Å². The summed E-state index contributed by atoms with van der Waals surface area (Å²) in [6.45, 7) is 1.83. The first-order chi connectivity index (χ1) is 9.28. The number of nitriles is 1. The van der Waals surface area contributed by atoms with Crippen LogP contribution >= 0.6 is 0 Å². The van der Waals surface area contributed by atoms with E-state index < -0.39 is 0 Å². The molecule has 0 radical (unpaired) electrons. The second kappa shape index (κ2) is 6.72. The molecule has 0 saturated heterocycles. The van der Waals surface area contributed by atoms with Gasteiger partial charge in [-0.25, -0.2) is 0 Å². The summed E-state index contributed by atoms with van der Waals surface area (Å²) in [5, 5.41) is 16.3. The van der Waals surface area contributed by atoms with E-state index in [1.54, 1.807) is 0 Å². The van der Waals surface area contributed by atoms with Gasteiger partial charge < -0.3 is 5.32 Å². The Morgan fingerprint density at radius 1 is 1.26 bits per heavy atom. The first-order valence-electron chi connectivity index (χ1n) is 6.45. The fraction of sp³-hybridized carbons (Fsp3) is 0.333. The zero-order valence-electron chi connectivity index (χ0n) is 11.1. The highest BCUT2D eigenvalue weighted by Gasteiger charge is 1.97. The van der Waals surface area contributed by atoms with Crippen LogP contribution in [0.4, 0.5) is 0 Å². The van der Waals surface area contributed by atoms with Crippen LogP contribution in [-0.2, 0) is 20.0 Å². The molecule has 1 N–H and O–H groups in total. The van der Waals surface area contributed by atoms with E-state index >= 15 is 0 Å². The lowest BCUT2D eigenvalue weighted by molar-refractivity contribution is 0.649. The summed E-state index contributed by atoms with van der Waals surface area (Å²) < 4.78 is 1.83. The largest absolute Gasteiger partial charge is 0.313 e. The highest BCUT2D eigenvalue weighted by atomic mass is 15.2. The van der Waals surface area contributed by atoms with E-state index in [4.69, 9.17) is 5.26 Å². The Morgan fingerprint density at radius 3 is 2.68 bits per heavy atom. The average molecular weight is 254 g/mol. The standard InChI is InChI=1S/C15H18N4/c1-19-12-15(11-18-19)3-2-8-17-10-14-6-4-13(9-16)5-7-14/h4-7,11-12,17H,2-3,8,10H2,1H3. The van der Waals surface area contributed by atoms with E-state index in [0.29, 0.717) is 5.56 Å². The van der Waals surface area contributed by atoms with Crippen LogP contribution in [0.3, 0.4) is 0 Å². The summed E-state index contributed by atoms with van der Waals surface area (Å²) >= 11 is 0. The van der Waals surface area contributed by atoms with Gasteiger partial charge in [-0.2, -0.15) is 10.4 Å². The second-order valence-electron chi connectivity index (χ2n) is 4.61. The number of nitrogens with zero attached hydrogens (tertiary/aromatic N) is 3. The third-order valence-electron chi connectivity index (χ3n) is 2.99. The second-order valence-corrected chi connectivity index (χ2v) is 4.61. The summed E-state index contributed by atoms with van der Waals surface area (Å²) in [6.07, 6.45) is 6.12. The summed E-state index contributed by atoms with van der Waals surface area (Å²) in [6, 6.07) is 9.82. The molecule has 4 heteroatoms. The van der Waals surface area contributed by atoms with Crippen LogP contribution in [0.5, 0.6) is 0 Å². The van der Waals surface area contributed by atoms with Gasteiger partial charge in [0.1, 0.15) is 0 Å². The highest BCUT2D eigenvalue weighted by molar-refractivity contribution is 5.31. The Kier molecular flexibility index (Phi) is 4.71. The van der Waals surface area contributed by atoms with Crippen LogP contribution in [-0.4, -0.2) is 16.3 Å². The summed E-state index contributed by atoms with van der Waals surface area (Å²) in [4.78, 5) is 0. The van der Waals surface area contributed by atoms with Crippen molar-refractivity contribution in [2.45, 2.75) is 19.4 Å². The van der Waals surface area contributed by atoms with Gasteiger partial charge in [0.25, 0.3) is 0 Å². The average Bonchev–Trinajstić information content (AvgIpc) is 2.85. The van der Waals surface area contributed by atoms with Gasteiger partial charge in [-0.05, 0) is 42.6 Å². The molecule has 19 heavy (non-hydrogen) atoms. The lowest BCUT2D eigenvalue weighted by atomic mass is 10.1. The van der Waals surface area contributed by atoms with Gasteiger partial charge in [0.05, 0.1) is 17.8 Å². The Balaban J connectivity index is 1.65. The maximum atomic E-state index is 8.71. The third kappa shape index (κ3) is 4.23. The fourth-order valence-corrected chi connectivity index (χ4v) is 1.95. The molecule has 0 atom stereocenters. The van der Waals surface area contributed by atoms with Gasteiger partial charge in [0.2, 0.25) is 0 Å². The predicted octanol–water partition coefficient (Wildman–Crippen LogP) is 2.01. The lowest BCUT2D eigenvalue weighted by Crippen LogP contribution is -2.15. The summed E-state index contributed by atoms with van der Waals surface area (Å²) in [7, 11) is 1.94. The minimum absolute atomic E-state index is 0.709. The molecule has 1 aromatic heterocycles. The van der Waals surface area contributed by atoms with Crippen molar-refractivity contribution in [1.82, 2.24) is 15.1 Å². The lowest BCUT2D eigenvalue weighted by Gasteiger charge is -2.04. The maximum Gasteiger partial charge on any atom is 0.0991 e. The van der Waals surface area contributed by atoms with Crippen molar-refractivity contribution in [3.63, 3.8) is 0 Å². The van der Waals surface area contributed by atoms with Gasteiger partial charge in [-0.3, -0.25) is 4.68 Å². The van der Waals surface area contributed by atoms with Crippen LogP contribution in [0.2, 0.25) is 0 Å². The number of hydrogen-bond donors (Lipinski definition) is 1. The minimum Gasteiger partial charge on any atom is -0.313 e. The van der Waals surface area contributed by atoms with Crippen molar-refractivity contribution in [3.05, 3.63) is 53.3 Å². The molecule has 2 aromatic rings. The molecule has 1 aromatic carbocycles. The molecular formula is C15H18N4. The number of nitrogens with one attached hydrogen (secondary N) is 1. The molecule has 0 bridgehead atoms. The summed E-state index contributed by atoms with van der Waals surface area (Å²) in [5.41, 5.74) is 3.20. The monoisotopic (exact) mass is 254 g/mol. The molecule has 0 amide bonds. The first-order valence-corrected chi connectivity index (χ1v) is 6.45. The molecule has 4 nitrogen and oxygen atoms in total. The highest BCUT2D eigenvalue weighted by Crippen LogP contribution is 2.03. The summed E-state index contributed by atoms with van der Waals surface area (Å²) in [5.74, 6) is 0. The molecule has 1 heterocycles. The number of benzene rings is 1. The van der Waals surface area contributed by atoms with Crippen molar-refractivity contribution in [2.24, 2.45) is 7.05 Å². The molecule has 0 unspecified atom stereocenters. The van der Waals surface area contributed by atoms with E-state index in [9.17, 15) is 0 Å². The van der Waals surface area contributed by atoms with E-state index in [1.807, 2.05) is 42.2 Å². The van der Waals surface area contributed by atoms with Crippen LogP contribution < -0.4 is 5.32 Å². The predicted molar refractivity (Wildman–Crippen MR) is 74.4 cm³/mol. The van der Waals surface area contributed by atoms with Gasteiger partial charge in [0.15, 0.2) is 0 Å². The first kappa shape index (κ1) is 13.3. The molecule has 2 rings (SSSR count). The zero-order valence-corrected chi connectivity index (χ0v) is 11.1. The third-order valence-corrected chi connectivity index (χ3v) is 2.99. The van der Waals surface area contributed by atoms with E-state index in [0.717, 1.165) is 25.9 Å². The zero-order chi connectivity index (χ0) is 13.5. The minimum atomic E-state index is 0.709. The van der Waals surface area contributed by atoms with Crippen molar-refractivity contribution in [1.29, 1.82) is 5.26 Å². The van der Waals surface area contributed by atoms with E-state index in [1.165, 1.54) is 11.1 Å². The normalized spacial score (nSPS) is 10.3. The van der Waals surface area contributed by atoms with Crippen LogP contribution in [0.15, 0.2) is 36.7 Å².